The van der Waals surface area contributed by atoms with Crippen molar-refractivity contribution >= 4 is 18.3 Å². The molecule has 1 aromatic rings. The summed E-state index contributed by atoms with van der Waals surface area (Å²) < 4.78 is 0. The molecule has 3 N–H and O–H groups in total. The van der Waals surface area contributed by atoms with E-state index in [0.717, 1.165) is 18.4 Å². The van der Waals surface area contributed by atoms with Gasteiger partial charge in [-0.25, -0.2) is 0 Å². The van der Waals surface area contributed by atoms with Gasteiger partial charge in [0.1, 0.15) is 0 Å². The first kappa shape index (κ1) is 17.0. The molecule has 1 fully saturated rings. The summed E-state index contributed by atoms with van der Waals surface area (Å²) in [6, 6.07) is 8.08. The molecule has 112 valence electrons. The predicted octanol–water partition coefficient (Wildman–Crippen LogP) is 1.27. The summed E-state index contributed by atoms with van der Waals surface area (Å²) in [4.78, 5) is 13.6. The van der Waals surface area contributed by atoms with Gasteiger partial charge in [0.2, 0.25) is 5.91 Å². The van der Waals surface area contributed by atoms with Gasteiger partial charge in [0.15, 0.2) is 0 Å². The smallest absolute Gasteiger partial charge is 0.236 e. The average Bonchev–Trinajstić information content (AvgIpc) is 2.42. The number of benzene rings is 1. The molecule has 0 saturated carbocycles. The minimum absolute atomic E-state index is 0. The number of hydrogen-bond donors (Lipinski definition) is 2. The number of halogens is 1. The quantitative estimate of drug-likeness (QED) is 0.883. The number of rotatable bonds is 3. The van der Waals surface area contributed by atoms with E-state index in [1.165, 1.54) is 5.56 Å². The second-order valence-corrected chi connectivity index (χ2v) is 5.26. The third-order valence-electron chi connectivity index (χ3n) is 3.80. The predicted molar refractivity (Wildman–Crippen MR) is 81.9 cm³/mol. The van der Waals surface area contributed by atoms with E-state index in [2.05, 4.69) is 24.3 Å². The minimum Gasteiger partial charge on any atom is -0.391 e. The highest BCUT2D eigenvalue weighted by atomic mass is 35.5. The SMILES string of the molecule is Cc1ccc(C[C@H]2[C@@H](O)CCCN2C(=O)CN)cc1.Cl. The van der Waals surface area contributed by atoms with Crippen LogP contribution in [0.3, 0.4) is 0 Å². The highest BCUT2D eigenvalue weighted by Crippen LogP contribution is 2.21. The number of aliphatic hydroxyl groups excluding tert-OH is 1. The van der Waals surface area contributed by atoms with E-state index >= 15 is 0 Å². The van der Waals surface area contributed by atoms with E-state index in [4.69, 9.17) is 5.73 Å². The Bertz CT molecular complexity index is 436. The number of hydrogen-bond acceptors (Lipinski definition) is 3. The molecule has 20 heavy (non-hydrogen) atoms. The van der Waals surface area contributed by atoms with Crippen LogP contribution in [0.5, 0.6) is 0 Å². The van der Waals surface area contributed by atoms with Crippen molar-refractivity contribution in [1.82, 2.24) is 4.90 Å². The van der Waals surface area contributed by atoms with Crippen molar-refractivity contribution in [3.05, 3.63) is 35.4 Å². The zero-order chi connectivity index (χ0) is 13.8. The number of piperidine rings is 1. The van der Waals surface area contributed by atoms with Crippen LogP contribution in [0.25, 0.3) is 0 Å². The van der Waals surface area contributed by atoms with Gasteiger partial charge in [-0.15, -0.1) is 12.4 Å². The Balaban J connectivity index is 0.00000200. The summed E-state index contributed by atoms with van der Waals surface area (Å²) in [6.45, 7) is 2.75. The van der Waals surface area contributed by atoms with Crippen LogP contribution in [0.4, 0.5) is 0 Å². The van der Waals surface area contributed by atoms with Gasteiger partial charge in [-0.05, 0) is 31.7 Å². The van der Waals surface area contributed by atoms with E-state index in [1.54, 1.807) is 4.90 Å². The number of aryl methyl sites for hydroxylation is 1. The van der Waals surface area contributed by atoms with Gasteiger partial charge in [0, 0.05) is 6.54 Å². The highest BCUT2D eigenvalue weighted by molar-refractivity contribution is 5.85. The highest BCUT2D eigenvalue weighted by Gasteiger charge is 2.32. The van der Waals surface area contributed by atoms with Crippen LogP contribution in [0.15, 0.2) is 24.3 Å². The number of likely N-dealkylation sites (tertiary alicyclic amines) is 1. The summed E-state index contributed by atoms with van der Waals surface area (Å²) in [5.74, 6) is -0.0733. The number of carbonyl (C=O) groups excluding carboxylic acids is 1. The van der Waals surface area contributed by atoms with E-state index in [-0.39, 0.29) is 30.9 Å². The molecule has 0 bridgehead atoms. The zero-order valence-electron chi connectivity index (χ0n) is 11.8. The molecule has 0 radical (unpaired) electrons. The van der Waals surface area contributed by atoms with Gasteiger partial charge in [0.05, 0.1) is 18.7 Å². The average molecular weight is 299 g/mol. The molecule has 4 nitrogen and oxygen atoms in total. The molecule has 0 aliphatic carbocycles. The van der Waals surface area contributed by atoms with Gasteiger partial charge < -0.3 is 15.7 Å². The Labute approximate surface area is 126 Å². The first-order chi connectivity index (χ1) is 9.11. The van der Waals surface area contributed by atoms with Gasteiger partial charge in [0.25, 0.3) is 0 Å². The fourth-order valence-electron chi connectivity index (χ4n) is 2.68. The fourth-order valence-corrected chi connectivity index (χ4v) is 2.68. The van der Waals surface area contributed by atoms with Crippen molar-refractivity contribution in [3.63, 3.8) is 0 Å². The van der Waals surface area contributed by atoms with Crippen LogP contribution < -0.4 is 5.73 Å². The van der Waals surface area contributed by atoms with E-state index < -0.39 is 6.10 Å². The third kappa shape index (κ3) is 3.95. The van der Waals surface area contributed by atoms with Crippen molar-refractivity contribution in [2.24, 2.45) is 5.73 Å². The third-order valence-corrected chi connectivity index (χ3v) is 3.80. The molecule has 1 amide bonds. The molecule has 2 atom stereocenters. The summed E-state index contributed by atoms with van der Waals surface area (Å²) in [6.07, 6.45) is 1.83. The Morgan fingerprint density at radius 3 is 2.65 bits per heavy atom. The van der Waals surface area contributed by atoms with Gasteiger partial charge >= 0.3 is 0 Å². The van der Waals surface area contributed by atoms with Gasteiger partial charge in [-0.2, -0.15) is 0 Å². The van der Waals surface area contributed by atoms with E-state index in [9.17, 15) is 9.90 Å². The molecule has 0 spiro atoms. The van der Waals surface area contributed by atoms with Crippen LogP contribution in [0, 0.1) is 6.92 Å². The second-order valence-electron chi connectivity index (χ2n) is 5.26. The van der Waals surface area contributed by atoms with Gasteiger partial charge in [-0.3, -0.25) is 4.79 Å². The van der Waals surface area contributed by atoms with Crippen molar-refractivity contribution in [1.29, 1.82) is 0 Å². The molecule has 1 heterocycles. The van der Waals surface area contributed by atoms with Crippen molar-refractivity contribution in [3.8, 4) is 0 Å². The summed E-state index contributed by atoms with van der Waals surface area (Å²) >= 11 is 0. The first-order valence-electron chi connectivity index (χ1n) is 6.85. The molecular formula is C15H23ClN2O2. The molecule has 5 heteroatoms. The van der Waals surface area contributed by atoms with Crippen LogP contribution >= 0.6 is 12.4 Å². The van der Waals surface area contributed by atoms with E-state index in [1.807, 2.05) is 6.92 Å². The van der Waals surface area contributed by atoms with Crippen molar-refractivity contribution in [2.75, 3.05) is 13.1 Å². The topological polar surface area (TPSA) is 66.6 Å². The van der Waals surface area contributed by atoms with Crippen LogP contribution in [0.2, 0.25) is 0 Å². The lowest BCUT2D eigenvalue weighted by Crippen LogP contribution is -2.53. The minimum atomic E-state index is -0.453. The lowest BCUT2D eigenvalue weighted by Gasteiger charge is -2.39. The normalized spacial score (nSPS) is 22.2. The Hall–Kier alpha value is -1.10. The number of carbonyl (C=O) groups is 1. The summed E-state index contributed by atoms with van der Waals surface area (Å²) in [5, 5.41) is 10.2. The summed E-state index contributed by atoms with van der Waals surface area (Å²) in [5.41, 5.74) is 7.81. The maximum Gasteiger partial charge on any atom is 0.236 e. The number of aliphatic hydroxyl groups is 1. The standard InChI is InChI=1S/C15H22N2O2.ClH/c1-11-4-6-12(7-5-11)9-13-14(18)3-2-8-17(13)15(19)10-16;/h4-7,13-14,18H,2-3,8-10,16H2,1H3;1H/t13-,14-;/m0./s1. The maximum absolute atomic E-state index is 11.9. The largest absolute Gasteiger partial charge is 0.391 e. The molecule has 1 aliphatic rings. The Morgan fingerprint density at radius 1 is 1.40 bits per heavy atom. The molecule has 2 rings (SSSR count). The lowest BCUT2D eigenvalue weighted by molar-refractivity contribution is -0.137. The molecule has 1 saturated heterocycles. The van der Waals surface area contributed by atoms with Crippen molar-refractivity contribution in [2.45, 2.75) is 38.3 Å². The Kier molecular flexibility index (Phi) is 6.46. The van der Waals surface area contributed by atoms with E-state index in [0.29, 0.717) is 13.0 Å². The zero-order valence-corrected chi connectivity index (χ0v) is 12.6. The molecule has 0 aromatic heterocycles. The summed E-state index contributed by atoms with van der Waals surface area (Å²) in [7, 11) is 0. The van der Waals surface area contributed by atoms with Crippen LogP contribution in [-0.2, 0) is 11.2 Å². The fraction of sp³-hybridized carbons (Fsp3) is 0.533. The maximum atomic E-state index is 11.9. The number of nitrogens with zero attached hydrogens (tertiary/aromatic N) is 1. The molecule has 1 aliphatic heterocycles. The molecule has 1 aromatic carbocycles. The number of amides is 1. The monoisotopic (exact) mass is 298 g/mol. The van der Waals surface area contributed by atoms with Crippen LogP contribution in [-0.4, -0.2) is 41.1 Å². The Morgan fingerprint density at radius 2 is 2.05 bits per heavy atom. The first-order valence-corrected chi connectivity index (χ1v) is 6.85. The second kappa shape index (κ2) is 7.62. The molecule has 0 unspecified atom stereocenters. The van der Waals surface area contributed by atoms with Crippen molar-refractivity contribution < 1.29 is 9.90 Å². The number of nitrogens with two attached hydrogens (primary N) is 1. The van der Waals surface area contributed by atoms with Crippen LogP contribution in [0.1, 0.15) is 24.0 Å². The molecular weight excluding hydrogens is 276 g/mol. The van der Waals surface area contributed by atoms with Gasteiger partial charge in [-0.1, -0.05) is 29.8 Å². The lowest BCUT2D eigenvalue weighted by atomic mass is 9.92.